The lowest BCUT2D eigenvalue weighted by molar-refractivity contribution is -0.133. The van der Waals surface area contributed by atoms with Gasteiger partial charge in [-0.3, -0.25) is 9.79 Å². The first kappa shape index (κ1) is 18.7. The van der Waals surface area contributed by atoms with Crippen LogP contribution in [0.15, 0.2) is 29.3 Å². The summed E-state index contributed by atoms with van der Waals surface area (Å²) >= 11 is 0. The molecule has 142 valence electrons. The van der Waals surface area contributed by atoms with E-state index in [1.54, 1.807) is 7.05 Å². The minimum atomic E-state index is -0.197. The fourth-order valence-electron chi connectivity index (χ4n) is 3.61. The Hall–Kier alpha value is -2.11. The zero-order valence-corrected chi connectivity index (χ0v) is 15.9. The van der Waals surface area contributed by atoms with Gasteiger partial charge in [0.25, 0.3) is 0 Å². The number of carbonyl (C=O) groups excluding carboxylic acids is 1. The van der Waals surface area contributed by atoms with Gasteiger partial charge in [0.2, 0.25) is 5.91 Å². The molecule has 1 amide bonds. The molecule has 1 aromatic rings. The summed E-state index contributed by atoms with van der Waals surface area (Å²) in [5.74, 6) is 0.820. The molecule has 1 atom stereocenters. The highest BCUT2D eigenvalue weighted by atomic mass is 19.1. The average molecular weight is 360 g/mol. The van der Waals surface area contributed by atoms with E-state index in [0.29, 0.717) is 0 Å². The highest BCUT2D eigenvalue weighted by molar-refractivity contribution is 5.81. The van der Waals surface area contributed by atoms with Crippen LogP contribution in [0, 0.1) is 11.7 Å². The average Bonchev–Trinajstić information content (AvgIpc) is 3.28. The fourth-order valence-corrected chi connectivity index (χ4v) is 3.61. The van der Waals surface area contributed by atoms with E-state index in [9.17, 15) is 9.18 Å². The molecule has 26 heavy (non-hydrogen) atoms. The molecular weight excluding hydrogens is 331 g/mol. The van der Waals surface area contributed by atoms with Gasteiger partial charge in [0, 0.05) is 44.1 Å². The van der Waals surface area contributed by atoms with Crippen LogP contribution < -0.4 is 10.6 Å². The highest BCUT2D eigenvalue weighted by Crippen LogP contribution is 2.47. The summed E-state index contributed by atoms with van der Waals surface area (Å²) in [5.41, 5.74) is 1.26. The first-order chi connectivity index (χ1) is 12.4. The Morgan fingerprint density at radius 3 is 2.62 bits per heavy atom. The standard InChI is InChI=1S/C20H29FN4O/c1-14(2)18(26)25-11-8-17(12-25)24-19(22-3)23-13-20(9-10-20)15-4-6-16(21)7-5-15/h4-7,14,17H,8-13H2,1-3H3,(H2,22,23,24). The number of aliphatic imine (C=N–C) groups is 1. The molecule has 0 spiro atoms. The van der Waals surface area contributed by atoms with E-state index in [2.05, 4.69) is 15.6 Å². The second kappa shape index (κ2) is 7.64. The van der Waals surface area contributed by atoms with Crippen molar-refractivity contribution in [3.8, 4) is 0 Å². The molecule has 0 aromatic heterocycles. The van der Waals surface area contributed by atoms with Gasteiger partial charge >= 0.3 is 0 Å². The predicted octanol–water partition coefficient (Wildman–Crippen LogP) is 2.28. The number of hydrogen-bond donors (Lipinski definition) is 2. The van der Waals surface area contributed by atoms with E-state index in [1.807, 2.05) is 30.9 Å². The van der Waals surface area contributed by atoms with Crippen molar-refractivity contribution in [2.24, 2.45) is 10.9 Å². The Morgan fingerprint density at radius 1 is 1.35 bits per heavy atom. The SMILES string of the molecule is CN=C(NCC1(c2ccc(F)cc2)CC1)NC1CCN(C(=O)C(C)C)C1. The molecule has 2 aliphatic rings. The molecule has 1 heterocycles. The Morgan fingerprint density at radius 2 is 2.04 bits per heavy atom. The minimum absolute atomic E-state index is 0.0385. The summed E-state index contributed by atoms with van der Waals surface area (Å²) in [6, 6.07) is 7.05. The molecule has 2 N–H and O–H groups in total. The van der Waals surface area contributed by atoms with E-state index in [0.717, 1.165) is 44.9 Å². The van der Waals surface area contributed by atoms with Crippen molar-refractivity contribution in [3.05, 3.63) is 35.6 Å². The molecule has 3 rings (SSSR count). The first-order valence-corrected chi connectivity index (χ1v) is 9.45. The van der Waals surface area contributed by atoms with Crippen LogP contribution >= 0.6 is 0 Å². The summed E-state index contributed by atoms with van der Waals surface area (Å²) in [4.78, 5) is 18.4. The number of likely N-dealkylation sites (tertiary alicyclic amines) is 1. The molecule has 0 bridgehead atoms. The zero-order chi connectivity index (χ0) is 18.7. The number of benzene rings is 1. The quantitative estimate of drug-likeness (QED) is 0.626. The molecule has 2 fully saturated rings. The monoisotopic (exact) mass is 360 g/mol. The van der Waals surface area contributed by atoms with E-state index < -0.39 is 0 Å². The number of nitrogens with zero attached hydrogens (tertiary/aromatic N) is 2. The maximum Gasteiger partial charge on any atom is 0.225 e. The molecule has 1 saturated carbocycles. The van der Waals surface area contributed by atoms with Crippen molar-refractivity contribution >= 4 is 11.9 Å². The molecule has 1 aliphatic carbocycles. The van der Waals surface area contributed by atoms with Crippen molar-refractivity contribution in [1.29, 1.82) is 0 Å². The van der Waals surface area contributed by atoms with Gasteiger partial charge in [0.15, 0.2) is 5.96 Å². The molecular formula is C20H29FN4O. The Bertz CT molecular complexity index is 667. The zero-order valence-electron chi connectivity index (χ0n) is 15.9. The smallest absolute Gasteiger partial charge is 0.225 e. The fraction of sp³-hybridized carbons (Fsp3) is 0.600. The van der Waals surface area contributed by atoms with Gasteiger partial charge in [-0.15, -0.1) is 0 Å². The summed E-state index contributed by atoms with van der Waals surface area (Å²) < 4.78 is 13.2. The summed E-state index contributed by atoms with van der Waals surface area (Å²) in [6.45, 7) is 6.17. The number of amides is 1. The number of hydrogen-bond acceptors (Lipinski definition) is 2. The third-order valence-electron chi connectivity index (χ3n) is 5.46. The lowest BCUT2D eigenvalue weighted by Crippen LogP contribution is -2.47. The van der Waals surface area contributed by atoms with Crippen LogP contribution in [-0.2, 0) is 10.2 Å². The molecule has 6 heteroatoms. The van der Waals surface area contributed by atoms with Crippen molar-refractivity contribution in [1.82, 2.24) is 15.5 Å². The third-order valence-corrected chi connectivity index (χ3v) is 5.46. The van der Waals surface area contributed by atoms with Gasteiger partial charge in [-0.1, -0.05) is 26.0 Å². The first-order valence-electron chi connectivity index (χ1n) is 9.45. The number of rotatable bonds is 5. The minimum Gasteiger partial charge on any atom is -0.356 e. The maximum atomic E-state index is 13.2. The molecule has 1 unspecified atom stereocenters. The molecule has 1 saturated heterocycles. The Balaban J connectivity index is 1.51. The topological polar surface area (TPSA) is 56.7 Å². The summed E-state index contributed by atoms with van der Waals surface area (Å²) in [7, 11) is 1.76. The van der Waals surface area contributed by atoms with Gasteiger partial charge in [0.1, 0.15) is 5.82 Å². The van der Waals surface area contributed by atoms with Gasteiger partial charge < -0.3 is 15.5 Å². The number of nitrogens with one attached hydrogen (secondary N) is 2. The predicted molar refractivity (Wildman–Crippen MR) is 102 cm³/mol. The van der Waals surface area contributed by atoms with E-state index >= 15 is 0 Å². The van der Waals surface area contributed by atoms with Gasteiger partial charge in [-0.25, -0.2) is 4.39 Å². The second-order valence-corrected chi connectivity index (χ2v) is 7.78. The van der Waals surface area contributed by atoms with Gasteiger partial charge in [-0.05, 0) is 37.0 Å². The van der Waals surface area contributed by atoms with E-state index in [-0.39, 0.29) is 29.1 Å². The van der Waals surface area contributed by atoms with Crippen molar-refractivity contribution in [2.45, 2.75) is 44.6 Å². The molecule has 1 aromatic carbocycles. The second-order valence-electron chi connectivity index (χ2n) is 7.78. The number of guanidine groups is 1. The van der Waals surface area contributed by atoms with Crippen LogP contribution in [0.2, 0.25) is 0 Å². The largest absolute Gasteiger partial charge is 0.356 e. The van der Waals surface area contributed by atoms with Crippen LogP contribution in [0.5, 0.6) is 0 Å². The summed E-state index contributed by atoms with van der Waals surface area (Å²) in [5, 5.41) is 6.86. The lowest BCUT2D eigenvalue weighted by Gasteiger charge is -2.22. The van der Waals surface area contributed by atoms with Crippen LogP contribution in [0.3, 0.4) is 0 Å². The van der Waals surface area contributed by atoms with Gasteiger partial charge in [0.05, 0.1) is 0 Å². The lowest BCUT2D eigenvalue weighted by atomic mass is 9.96. The van der Waals surface area contributed by atoms with Crippen molar-refractivity contribution in [2.75, 3.05) is 26.7 Å². The van der Waals surface area contributed by atoms with E-state index in [4.69, 9.17) is 0 Å². The summed E-state index contributed by atoms with van der Waals surface area (Å²) in [6.07, 6.45) is 3.13. The van der Waals surface area contributed by atoms with Crippen LogP contribution in [-0.4, -0.2) is 49.5 Å². The third kappa shape index (κ3) is 4.17. The van der Waals surface area contributed by atoms with Crippen LogP contribution in [0.4, 0.5) is 4.39 Å². The molecule has 1 aliphatic heterocycles. The molecule has 5 nitrogen and oxygen atoms in total. The number of carbonyl (C=O) groups is 1. The van der Waals surface area contributed by atoms with Crippen molar-refractivity contribution in [3.63, 3.8) is 0 Å². The highest BCUT2D eigenvalue weighted by Gasteiger charge is 2.44. The van der Waals surface area contributed by atoms with Crippen LogP contribution in [0.1, 0.15) is 38.7 Å². The van der Waals surface area contributed by atoms with Crippen LogP contribution in [0.25, 0.3) is 0 Å². The Kier molecular flexibility index (Phi) is 5.49. The maximum absolute atomic E-state index is 13.2. The molecule has 0 radical (unpaired) electrons. The van der Waals surface area contributed by atoms with E-state index in [1.165, 1.54) is 17.7 Å². The Labute approximate surface area is 155 Å². The normalized spacial score (nSPS) is 21.8. The van der Waals surface area contributed by atoms with Gasteiger partial charge in [-0.2, -0.15) is 0 Å². The van der Waals surface area contributed by atoms with Crippen molar-refractivity contribution < 1.29 is 9.18 Å². The number of halogens is 1.